The Bertz CT molecular complexity index is 811. The fraction of sp³-hybridized carbons (Fsp3) is 0.500. The van der Waals surface area contributed by atoms with Gasteiger partial charge in [0.15, 0.2) is 5.78 Å². The molecule has 2 atom stereocenters. The van der Waals surface area contributed by atoms with Gasteiger partial charge < -0.3 is 14.2 Å². The highest BCUT2D eigenvalue weighted by atomic mass is 16.6. The van der Waals surface area contributed by atoms with Crippen molar-refractivity contribution in [3.05, 3.63) is 41.1 Å². The molecular weight excluding hydrogens is 358 g/mol. The maximum absolute atomic E-state index is 13.0. The molecule has 6 heteroatoms. The summed E-state index contributed by atoms with van der Waals surface area (Å²) in [6.45, 7) is 4.81. The van der Waals surface area contributed by atoms with E-state index in [1.807, 2.05) is 38.1 Å². The molecule has 1 unspecified atom stereocenters. The number of Topliss-reactive ketones (excluding diaryl/α,β-unsaturated/α-hetero) is 1. The molecule has 1 aliphatic carbocycles. The van der Waals surface area contributed by atoms with Crippen LogP contribution in [0.25, 0.3) is 0 Å². The smallest absolute Gasteiger partial charge is 0.315 e. The van der Waals surface area contributed by atoms with Crippen molar-refractivity contribution in [3.63, 3.8) is 0 Å². The Hall–Kier alpha value is -2.47. The highest BCUT2D eigenvalue weighted by Crippen LogP contribution is 2.45. The highest BCUT2D eigenvalue weighted by molar-refractivity contribution is 6.09. The Morgan fingerprint density at radius 3 is 2.75 bits per heavy atom. The molecule has 0 fully saturated rings. The predicted molar refractivity (Wildman–Crippen MR) is 106 cm³/mol. The van der Waals surface area contributed by atoms with Gasteiger partial charge in [-0.25, -0.2) is 0 Å². The van der Waals surface area contributed by atoms with Gasteiger partial charge in [0.2, 0.25) is 0 Å². The Morgan fingerprint density at radius 1 is 1.21 bits per heavy atom. The Labute approximate surface area is 165 Å². The van der Waals surface area contributed by atoms with Crippen LogP contribution in [0.5, 0.6) is 5.75 Å². The van der Waals surface area contributed by atoms with Crippen molar-refractivity contribution >= 4 is 17.5 Å². The third-order valence-corrected chi connectivity index (χ3v) is 5.24. The first-order valence-corrected chi connectivity index (χ1v) is 9.77. The summed E-state index contributed by atoms with van der Waals surface area (Å²) in [5, 5.41) is 0. The van der Waals surface area contributed by atoms with Crippen molar-refractivity contribution in [2.24, 2.45) is 10.9 Å². The molecule has 0 saturated heterocycles. The number of methoxy groups -OCH3 is 1. The van der Waals surface area contributed by atoms with Crippen LogP contribution in [0, 0.1) is 5.92 Å². The van der Waals surface area contributed by atoms with Gasteiger partial charge in [-0.05, 0) is 32.8 Å². The standard InChI is InChI=1S/C22H27NO5/c1-4-27-12-13-28-22(25)19-14(2)23-16-9-7-10-17(24)21(16)20(19)15-8-5-6-11-18(15)26-3/h5-6,8,11,19-20H,4,7,9-10,12-13H2,1-3H3/t19?,20-/m0/s1. The first kappa shape index (κ1) is 20.3. The normalized spacial score (nSPS) is 21.8. The van der Waals surface area contributed by atoms with Gasteiger partial charge in [-0.15, -0.1) is 0 Å². The fourth-order valence-corrected chi connectivity index (χ4v) is 4.01. The van der Waals surface area contributed by atoms with E-state index in [0.29, 0.717) is 36.7 Å². The third kappa shape index (κ3) is 4.02. The van der Waals surface area contributed by atoms with E-state index in [4.69, 9.17) is 14.2 Å². The summed E-state index contributed by atoms with van der Waals surface area (Å²) in [5.74, 6) is -0.781. The number of nitrogens with zero attached hydrogens (tertiary/aromatic N) is 1. The zero-order chi connectivity index (χ0) is 20.1. The van der Waals surface area contributed by atoms with E-state index < -0.39 is 11.8 Å². The Kier molecular flexibility index (Phi) is 6.62. The van der Waals surface area contributed by atoms with E-state index in [-0.39, 0.29) is 18.4 Å². The summed E-state index contributed by atoms with van der Waals surface area (Å²) in [5.41, 5.74) is 2.91. The number of hydrogen-bond donors (Lipinski definition) is 0. The van der Waals surface area contributed by atoms with Gasteiger partial charge >= 0.3 is 5.97 Å². The molecule has 0 saturated carbocycles. The van der Waals surface area contributed by atoms with Crippen molar-refractivity contribution in [1.82, 2.24) is 0 Å². The number of aliphatic imine (C=N–C) groups is 1. The number of para-hydroxylation sites is 1. The van der Waals surface area contributed by atoms with Crippen molar-refractivity contribution in [3.8, 4) is 5.75 Å². The summed E-state index contributed by atoms with van der Waals surface area (Å²) in [7, 11) is 1.59. The molecule has 3 rings (SSSR count). The van der Waals surface area contributed by atoms with Crippen LogP contribution in [0.15, 0.2) is 40.5 Å². The number of carbonyl (C=O) groups excluding carboxylic acids is 2. The van der Waals surface area contributed by atoms with Gasteiger partial charge in [0.1, 0.15) is 18.3 Å². The number of ketones is 1. The number of benzene rings is 1. The van der Waals surface area contributed by atoms with Crippen LogP contribution in [0.3, 0.4) is 0 Å². The van der Waals surface area contributed by atoms with E-state index in [1.54, 1.807) is 7.11 Å². The molecule has 0 bridgehead atoms. The van der Waals surface area contributed by atoms with Crippen LogP contribution in [0.1, 0.15) is 44.6 Å². The summed E-state index contributed by atoms with van der Waals surface area (Å²) in [6, 6.07) is 7.53. The Morgan fingerprint density at radius 2 is 2.00 bits per heavy atom. The minimum atomic E-state index is -0.654. The van der Waals surface area contributed by atoms with Gasteiger partial charge in [0.25, 0.3) is 0 Å². The molecule has 1 aromatic rings. The van der Waals surface area contributed by atoms with Gasteiger partial charge in [0.05, 0.1) is 13.7 Å². The van der Waals surface area contributed by atoms with Gasteiger partial charge in [-0.1, -0.05) is 18.2 Å². The quantitative estimate of drug-likeness (QED) is 0.531. The van der Waals surface area contributed by atoms with Crippen LogP contribution in [-0.4, -0.2) is 44.4 Å². The molecular formula is C22H27NO5. The zero-order valence-electron chi connectivity index (χ0n) is 16.7. The number of carbonyl (C=O) groups is 2. The van der Waals surface area contributed by atoms with Crippen LogP contribution in [0.2, 0.25) is 0 Å². The van der Waals surface area contributed by atoms with E-state index in [1.165, 1.54) is 0 Å². The molecule has 1 aromatic carbocycles. The highest BCUT2D eigenvalue weighted by Gasteiger charge is 2.44. The second-order valence-electron chi connectivity index (χ2n) is 6.95. The average Bonchev–Trinajstić information content (AvgIpc) is 2.70. The van der Waals surface area contributed by atoms with E-state index in [9.17, 15) is 9.59 Å². The van der Waals surface area contributed by atoms with E-state index in [0.717, 1.165) is 24.1 Å². The number of allylic oxidation sites excluding steroid dienone is 2. The summed E-state index contributed by atoms with van der Waals surface area (Å²) in [6.07, 6.45) is 2.01. The second kappa shape index (κ2) is 9.15. The fourth-order valence-electron chi connectivity index (χ4n) is 4.01. The summed E-state index contributed by atoms with van der Waals surface area (Å²) < 4.78 is 16.3. The minimum Gasteiger partial charge on any atom is -0.496 e. The van der Waals surface area contributed by atoms with Gasteiger partial charge in [0, 0.05) is 41.5 Å². The van der Waals surface area contributed by atoms with Crippen LogP contribution >= 0.6 is 0 Å². The van der Waals surface area contributed by atoms with Crippen LogP contribution < -0.4 is 4.74 Å². The number of ether oxygens (including phenoxy) is 3. The van der Waals surface area contributed by atoms with Crippen LogP contribution in [-0.2, 0) is 19.1 Å². The molecule has 0 amide bonds. The topological polar surface area (TPSA) is 74.2 Å². The maximum Gasteiger partial charge on any atom is 0.315 e. The molecule has 0 aromatic heterocycles. The Balaban J connectivity index is 2.02. The second-order valence-corrected chi connectivity index (χ2v) is 6.95. The molecule has 1 aliphatic heterocycles. The van der Waals surface area contributed by atoms with E-state index in [2.05, 4.69) is 4.99 Å². The molecule has 0 spiro atoms. The predicted octanol–water partition coefficient (Wildman–Crippen LogP) is 3.46. The molecule has 0 radical (unpaired) electrons. The molecule has 150 valence electrons. The van der Waals surface area contributed by atoms with Crippen molar-refractivity contribution in [1.29, 1.82) is 0 Å². The zero-order valence-corrected chi connectivity index (χ0v) is 16.7. The molecule has 6 nitrogen and oxygen atoms in total. The number of rotatable bonds is 7. The van der Waals surface area contributed by atoms with Crippen molar-refractivity contribution < 1.29 is 23.8 Å². The first-order chi connectivity index (χ1) is 13.6. The van der Waals surface area contributed by atoms with Crippen molar-refractivity contribution in [2.75, 3.05) is 26.9 Å². The lowest BCUT2D eigenvalue weighted by Gasteiger charge is -2.35. The molecule has 28 heavy (non-hydrogen) atoms. The molecule has 1 heterocycles. The lowest BCUT2D eigenvalue weighted by atomic mass is 9.71. The number of hydrogen-bond acceptors (Lipinski definition) is 6. The minimum absolute atomic E-state index is 0.0560. The molecule has 0 N–H and O–H groups in total. The maximum atomic E-state index is 13.0. The summed E-state index contributed by atoms with van der Waals surface area (Å²) >= 11 is 0. The largest absolute Gasteiger partial charge is 0.496 e. The third-order valence-electron chi connectivity index (χ3n) is 5.24. The van der Waals surface area contributed by atoms with Gasteiger partial charge in [-0.3, -0.25) is 14.6 Å². The van der Waals surface area contributed by atoms with Crippen molar-refractivity contribution in [2.45, 2.75) is 39.0 Å². The average molecular weight is 385 g/mol. The summed E-state index contributed by atoms with van der Waals surface area (Å²) in [4.78, 5) is 30.5. The molecule has 2 aliphatic rings. The van der Waals surface area contributed by atoms with Crippen LogP contribution in [0.4, 0.5) is 0 Å². The SMILES string of the molecule is CCOCCOC(=O)C1C(C)=NC2=C(C(=O)CCC2)[C@H]1c1ccccc1OC. The number of esters is 1. The monoisotopic (exact) mass is 385 g/mol. The van der Waals surface area contributed by atoms with E-state index >= 15 is 0 Å². The van der Waals surface area contributed by atoms with Gasteiger partial charge in [-0.2, -0.15) is 0 Å². The lowest BCUT2D eigenvalue weighted by molar-refractivity contribution is -0.148. The lowest BCUT2D eigenvalue weighted by Crippen LogP contribution is -2.37. The first-order valence-electron chi connectivity index (χ1n) is 9.77.